The van der Waals surface area contributed by atoms with Crippen LogP contribution in [0.1, 0.15) is 15.9 Å². The molecule has 0 spiro atoms. The third-order valence-corrected chi connectivity index (χ3v) is 4.43. The van der Waals surface area contributed by atoms with Crippen LogP contribution < -0.4 is 0 Å². The van der Waals surface area contributed by atoms with Crippen LogP contribution in [0.2, 0.25) is 0 Å². The Morgan fingerprint density at radius 3 is 2.57 bits per heavy atom. The summed E-state index contributed by atoms with van der Waals surface area (Å²) in [6, 6.07) is 5.12. The van der Waals surface area contributed by atoms with E-state index in [-0.39, 0.29) is 0 Å². The summed E-state index contributed by atoms with van der Waals surface area (Å²) < 4.78 is 18.5. The molecule has 0 saturated carbocycles. The van der Waals surface area contributed by atoms with Gasteiger partial charge < -0.3 is 4.74 Å². The van der Waals surface area contributed by atoms with Crippen LogP contribution >= 0.6 is 0 Å². The quantitative estimate of drug-likeness (QED) is 0.689. The van der Waals surface area contributed by atoms with Crippen LogP contribution in [0.3, 0.4) is 0 Å². The second-order valence-electron chi connectivity index (χ2n) is 5.10. The zero-order chi connectivity index (χ0) is 16.6. The van der Waals surface area contributed by atoms with Crippen LogP contribution in [-0.4, -0.2) is 38.1 Å². The zero-order valence-corrected chi connectivity index (χ0v) is 13.8. The highest BCUT2D eigenvalue weighted by Gasteiger charge is 2.16. The minimum atomic E-state index is -1.17. The summed E-state index contributed by atoms with van der Waals surface area (Å²) >= 11 is 0. The molecule has 6 nitrogen and oxygen atoms in total. The van der Waals surface area contributed by atoms with Crippen LogP contribution in [-0.2, 0) is 15.5 Å². The second-order valence-corrected chi connectivity index (χ2v) is 6.45. The van der Waals surface area contributed by atoms with E-state index in [4.69, 9.17) is 4.74 Å². The highest BCUT2D eigenvalue weighted by atomic mass is 32.2. The van der Waals surface area contributed by atoms with Gasteiger partial charge >= 0.3 is 5.97 Å². The van der Waals surface area contributed by atoms with Gasteiger partial charge in [0.2, 0.25) is 5.95 Å². The number of fused-ring (bicyclic) bond motifs is 1. The Balaban J connectivity index is 2.28. The van der Waals surface area contributed by atoms with E-state index in [0.717, 1.165) is 10.9 Å². The topological polar surface area (TPSA) is 74.1 Å². The summed E-state index contributed by atoms with van der Waals surface area (Å²) in [4.78, 5) is 21.0. The Labute approximate surface area is 135 Å². The van der Waals surface area contributed by atoms with Gasteiger partial charge in [0, 0.05) is 30.2 Å². The van der Waals surface area contributed by atoms with Crippen LogP contribution in [0, 0.1) is 6.92 Å². The Kier molecular flexibility index (Phi) is 3.96. The summed E-state index contributed by atoms with van der Waals surface area (Å²) in [7, 11) is 0.162. The molecule has 0 aliphatic rings. The molecule has 23 heavy (non-hydrogen) atoms. The monoisotopic (exact) mass is 329 g/mol. The number of nitrogens with zero attached hydrogens (tertiary/aromatic N) is 3. The molecule has 1 aromatic carbocycles. The van der Waals surface area contributed by atoms with Gasteiger partial charge in [-0.2, -0.15) is 0 Å². The number of benzene rings is 1. The molecule has 2 aromatic heterocycles. The number of aryl methyl sites for hydroxylation is 1. The molecule has 0 aliphatic carbocycles. The smallest absolute Gasteiger partial charge is 0.337 e. The largest absolute Gasteiger partial charge is 0.465 e. The molecule has 0 saturated heterocycles. The maximum atomic E-state index is 12.0. The molecule has 3 rings (SSSR count). The third kappa shape index (κ3) is 2.75. The lowest BCUT2D eigenvalue weighted by atomic mass is 10.1. The van der Waals surface area contributed by atoms with Crippen molar-refractivity contribution in [3.05, 3.63) is 47.9 Å². The van der Waals surface area contributed by atoms with Gasteiger partial charge in [0.25, 0.3) is 0 Å². The summed E-state index contributed by atoms with van der Waals surface area (Å²) in [6.45, 7) is 1.90. The molecule has 0 bridgehead atoms. The molecule has 0 amide bonds. The molecule has 1 atom stereocenters. The van der Waals surface area contributed by atoms with E-state index in [9.17, 15) is 9.00 Å². The Bertz CT molecular complexity index is 916. The summed E-state index contributed by atoms with van der Waals surface area (Å²) in [5.74, 6) is 0.0305. The first-order valence-corrected chi connectivity index (χ1v) is 8.43. The van der Waals surface area contributed by atoms with Crippen molar-refractivity contribution in [2.24, 2.45) is 0 Å². The van der Waals surface area contributed by atoms with Gasteiger partial charge in [0.05, 0.1) is 33.9 Å². The fraction of sp³-hybridized carbons (Fsp3) is 0.188. The number of carbonyl (C=O) groups is 1. The van der Waals surface area contributed by atoms with Gasteiger partial charge in [0.1, 0.15) is 0 Å². The van der Waals surface area contributed by atoms with Crippen LogP contribution in [0.25, 0.3) is 16.9 Å². The van der Waals surface area contributed by atoms with Gasteiger partial charge in [-0.25, -0.2) is 14.8 Å². The van der Waals surface area contributed by atoms with E-state index in [1.54, 1.807) is 47.6 Å². The molecular weight excluding hydrogens is 314 g/mol. The van der Waals surface area contributed by atoms with E-state index < -0.39 is 16.8 Å². The van der Waals surface area contributed by atoms with Crippen molar-refractivity contribution in [1.29, 1.82) is 0 Å². The molecule has 0 fully saturated rings. The van der Waals surface area contributed by atoms with E-state index in [0.29, 0.717) is 21.9 Å². The number of hydrogen-bond acceptors (Lipinski definition) is 5. The predicted molar refractivity (Wildman–Crippen MR) is 87.3 cm³/mol. The fourth-order valence-electron chi connectivity index (χ4n) is 2.35. The van der Waals surface area contributed by atoms with Crippen molar-refractivity contribution < 1.29 is 13.7 Å². The first-order valence-electron chi connectivity index (χ1n) is 6.87. The molecule has 1 unspecified atom stereocenters. The Morgan fingerprint density at radius 2 is 1.96 bits per heavy atom. The number of hydrogen-bond donors (Lipinski definition) is 0. The average molecular weight is 329 g/mol. The van der Waals surface area contributed by atoms with Crippen molar-refractivity contribution in [3.63, 3.8) is 0 Å². The molecule has 7 heteroatoms. The van der Waals surface area contributed by atoms with Crippen molar-refractivity contribution in [2.45, 2.75) is 11.8 Å². The number of rotatable bonds is 3. The zero-order valence-electron chi connectivity index (χ0n) is 12.9. The van der Waals surface area contributed by atoms with E-state index in [1.165, 1.54) is 7.11 Å². The van der Waals surface area contributed by atoms with Gasteiger partial charge in [0.15, 0.2) is 0 Å². The van der Waals surface area contributed by atoms with E-state index in [1.807, 2.05) is 6.92 Å². The maximum absolute atomic E-state index is 12.0. The lowest BCUT2D eigenvalue weighted by Crippen LogP contribution is -2.03. The lowest BCUT2D eigenvalue weighted by molar-refractivity contribution is 0.0601. The summed E-state index contributed by atoms with van der Waals surface area (Å²) in [6.07, 6.45) is 6.78. The Morgan fingerprint density at radius 1 is 1.26 bits per heavy atom. The Hall–Kier alpha value is -2.54. The highest BCUT2D eigenvalue weighted by molar-refractivity contribution is 7.84. The number of ether oxygens (including phenoxy) is 1. The number of esters is 1. The molecule has 118 valence electrons. The molecule has 0 N–H and O–H groups in total. The third-order valence-electron chi connectivity index (χ3n) is 3.48. The minimum Gasteiger partial charge on any atom is -0.465 e. The maximum Gasteiger partial charge on any atom is 0.337 e. The lowest BCUT2D eigenvalue weighted by Gasteiger charge is -2.05. The fourth-order valence-corrected chi connectivity index (χ4v) is 3.08. The standard InChI is InChI=1S/C16H15N3O3S/c1-10-7-17-16(18-8-10)19-9-14(23(3)21)12-5-4-11(6-13(12)19)15(20)22-2/h4-9H,1-3H3. The molecule has 0 aliphatic heterocycles. The molecule has 2 heterocycles. The number of methoxy groups -OCH3 is 1. The van der Waals surface area contributed by atoms with Gasteiger partial charge in [-0.15, -0.1) is 0 Å². The summed E-state index contributed by atoms with van der Waals surface area (Å²) in [5.41, 5.74) is 2.07. The second kappa shape index (κ2) is 5.92. The molecular formula is C16H15N3O3S. The minimum absolute atomic E-state index is 0.417. The predicted octanol–water partition coefficient (Wildman–Crippen LogP) is 2.25. The number of carbonyl (C=O) groups excluding carboxylic acids is 1. The van der Waals surface area contributed by atoms with Gasteiger partial charge in [-0.1, -0.05) is 6.07 Å². The first kappa shape index (κ1) is 15.4. The van der Waals surface area contributed by atoms with Crippen molar-refractivity contribution >= 4 is 27.7 Å². The van der Waals surface area contributed by atoms with E-state index >= 15 is 0 Å². The molecule has 0 radical (unpaired) electrons. The average Bonchev–Trinajstić information content (AvgIpc) is 2.94. The molecule has 3 aromatic rings. The van der Waals surface area contributed by atoms with Gasteiger partial charge in [-0.05, 0) is 24.6 Å². The number of aromatic nitrogens is 3. The SMILES string of the molecule is COC(=O)c1ccc2c(S(C)=O)cn(-c3ncc(C)cn3)c2c1. The van der Waals surface area contributed by atoms with E-state index in [2.05, 4.69) is 9.97 Å². The van der Waals surface area contributed by atoms with Crippen molar-refractivity contribution in [3.8, 4) is 5.95 Å². The summed E-state index contributed by atoms with van der Waals surface area (Å²) in [5, 5.41) is 0.794. The highest BCUT2D eigenvalue weighted by Crippen LogP contribution is 2.27. The van der Waals surface area contributed by atoms with Crippen LogP contribution in [0.4, 0.5) is 0 Å². The van der Waals surface area contributed by atoms with Crippen LogP contribution in [0.5, 0.6) is 0 Å². The van der Waals surface area contributed by atoms with Gasteiger partial charge in [-0.3, -0.25) is 8.78 Å². The normalized spacial score (nSPS) is 12.3. The van der Waals surface area contributed by atoms with Crippen molar-refractivity contribution in [2.75, 3.05) is 13.4 Å². The van der Waals surface area contributed by atoms with Crippen LogP contribution in [0.15, 0.2) is 41.7 Å². The van der Waals surface area contributed by atoms with Crippen molar-refractivity contribution in [1.82, 2.24) is 14.5 Å². The first-order chi connectivity index (χ1) is 11.0.